The fourth-order valence-electron chi connectivity index (χ4n) is 10.1. The number of rotatable bonds is 6. The van der Waals surface area contributed by atoms with Gasteiger partial charge >= 0.3 is 12.1 Å². The van der Waals surface area contributed by atoms with Gasteiger partial charge in [-0.3, -0.25) is 4.79 Å². The summed E-state index contributed by atoms with van der Waals surface area (Å²) in [6, 6.07) is 0. The third kappa shape index (κ3) is 4.87. The normalized spacial score (nSPS) is 44.8. The van der Waals surface area contributed by atoms with Gasteiger partial charge in [-0.1, -0.05) is 47.5 Å². The van der Waals surface area contributed by atoms with Gasteiger partial charge in [0, 0.05) is 6.42 Å². The van der Waals surface area contributed by atoms with Crippen molar-refractivity contribution in [3.8, 4) is 0 Å². The molecule has 4 aliphatic rings. The average Bonchev–Trinajstić information content (AvgIpc) is 3.15. The van der Waals surface area contributed by atoms with E-state index in [2.05, 4.69) is 34.6 Å². The van der Waals surface area contributed by atoms with Gasteiger partial charge in [0.05, 0.1) is 12.2 Å². The van der Waals surface area contributed by atoms with Crippen LogP contribution in [0.4, 0.5) is 4.79 Å². The molecule has 0 aromatic heterocycles. The summed E-state index contributed by atoms with van der Waals surface area (Å²) in [6.45, 7) is 15.5. The van der Waals surface area contributed by atoms with Crippen molar-refractivity contribution in [1.29, 1.82) is 0 Å². The van der Waals surface area contributed by atoms with E-state index < -0.39 is 12.1 Å². The molecule has 4 rings (SSSR count). The van der Waals surface area contributed by atoms with Gasteiger partial charge in [0.25, 0.3) is 0 Å². The summed E-state index contributed by atoms with van der Waals surface area (Å²) in [7, 11) is 0. The first-order valence-electron chi connectivity index (χ1n) is 15.0. The number of hydrogen-bond donors (Lipinski definition) is 1. The fraction of sp³-hybridized carbons (Fsp3) is 0.935. The van der Waals surface area contributed by atoms with Crippen LogP contribution < -0.4 is 0 Å². The van der Waals surface area contributed by atoms with E-state index in [0.717, 1.165) is 18.8 Å². The van der Waals surface area contributed by atoms with Crippen LogP contribution in [0.5, 0.6) is 0 Å². The van der Waals surface area contributed by atoms with Crippen LogP contribution in [0.25, 0.3) is 0 Å². The molecule has 0 aliphatic heterocycles. The van der Waals surface area contributed by atoms with E-state index in [1.165, 1.54) is 44.9 Å². The van der Waals surface area contributed by atoms with E-state index in [1.54, 1.807) is 13.8 Å². The number of carbonyl (C=O) groups excluding carboxylic acids is 2. The zero-order valence-electron chi connectivity index (χ0n) is 23.9. The second-order valence-electron chi connectivity index (χ2n) is 14.0. The van der Waals surface area contributed by atoms with Gasteiger partial charge in [-0.2, -0.15) is 0 Å². The van der Waals surface area contributed by atoms with Gasteiger partial charge in [0.1, 0.15) is 0 Å². The summed E-state index contributed by atoms with van der Waals surface area (Å²) in [5.41, 5.74) is 0.585. The molecule has 0 heterocycles. The standard InChI is InChI=1S/C31H52O5/c1-8-21-25-17-19(4)13-15-31(25,7)24-14-16-30(6)22(10-11-23(30)27(24)28(21)33)20(5)9-12-26(32)36-29(34)35-18(2)3/h18-25,27-28,33H,8-17H2,1-7H3/t19-,20-,21-,22-,23+,24+,25+,27+,28-,30-,31-/m1/s1. The molecule has 0 aromatic rings. The molecule has 0 saturated heterocycles. The molecular formula is C31H52O5. The number of fused-ring (bicyclic) bond motifs is 5. The number of ether oxygens (including phenoxy) is 2. The zero-order valence-corrected chi connectivity index (χ0v) is 23.9. The molecule has 0 radical (unpaired) electrons. The van der Waals surface area contributed by atoms with Crippen molar-refractivity contribution in [2.24, 2.45) is 58.2 Å². The Balaban J connectivity index is 1.45. The van der Waals surface area contributed by atoms with Crippen LogP contribution in [0.3, 0.4) is 0 Å². The summed E-state index contributed by atoms with van der Waals surface area (Å²) >= 11 is 0. The first-order chi connectivity index (χ1) is 16.9. The smallest absolute Gasteiger partial charge is 0.431 e. The van der Waals surface area contributed by atoms with Crippen molar-refractivity contribution in [3.63, 3.8) is 0 Å². The summed E-state index contributed by atoms with van der Waals surface area (Å²) in [4.78, 5) is 23.9. The van der Waals surface area contributed by atoms with Crippen molar-refractivity contribution in [2.45, 2.75) is 125 Å². The lowest BCUT2D eigenvalue weighted by atomic mass is 9.41. The van der Waals surface area contributed by atoms with E-state index in [9.17, 15) is 14.7 Å². The Morgan fingerprint density at radius 3 is 2.31 bits per heavy atom. The number of esters is 1. The highest BCUT2D eigenvalue weighted by molar-refractivity contribution is 5.81. The molecule has 206 valence electrons. The van der Waals surface area contributed by atoms with Gasteiger partial charge in [-0.05, 0) is 117 Å². The molecule has 0 spiro atoms. The van der Waals surface area contributed by atoms with E-state index in [0.29, 0.717) is 46.8 Å². The molecular weight excluding hydrogens is 452 g/mol. The monoisotopic (exact) mass is 504 g/mol. The highest BCUT2D eigenvalue weighted by Gasteiger charge is 2.64. The first-order valence-corrected chi connectivity index (χ1v) is 15.0. The molecule has 11 atom stereocenters. The Kier molecular flexibility index (Phi) is 8.20. The summed E-state index contributed by atoms with van der Waals surface area (Å²) in [6.07, 6.45) is 9.49. The van der Waals surface area contributed by atoms with Crippen molar-refractivity contribution in [3.05, 3.63) is 0 Å². The topological polar surface area (TPSA) is 72.8 Å². The van der Waals surface area contributed by atoms with Crippen LogP contribution in [-0.4, -0.2) is 29.4 Å². The minimum Gasteiger partial charge on any atom is -0.431 e. The zero-order chi connectivity index (χ0) is 26.4. The highest BCUT2D eigenvalue weighted by Crippen LogP contribution is 2.69. The van der Waals surface area contributed by atoms with Crippen LogP contribution in [-0.2, 0) is 14.3 Å². The van der Waals surface area contributed by atoms with Gasteiger partial charge < -0.3 is 14.6 Å². The van der Waals surface area contributed by atoms with E-state index in [1.807, 2.05) is 0 Å². The maximum atomic E-state index is 12.3. The lowest BCUT2D eigenvalue weighted by Crippen LogP contribution is -2.61. The van der Waals surface area contributed by atoms with Crippen LogP contribution in [0.1, 0.15) is 113 Å². The third-order valence-electron chi connectivity index (χ3n) is 11.8. The predicted molar refractivity (Wildman–Crippen MR) is 141 cm³/mol. The molecule has 4 saturated carbocycles. The van der Waals surface area contributed by atoms with Gasteiger partial charge in [-0.25, -0.2) is 4.79 Å². The minimum atomic E-state index is -0.894. The molecule has 4 aliphatic carbocycles. The van der Waals surface area contributed by atoms with Crippen molar-refractivity contribution in [2.75, 3.05) is 0 Å². The maximum Gasteiger partial charge on any atom is 0.516 e. The lowest BCUT2D eigenvalue weighted by Gasteiger charge is -2.65. The Bertz CT molecular complexity index is 809. The number of aliphatic hydroxyl groups excluding tert-OH is 1. The fourth-order valence-corrected chi connectivity index (χ4v) is 10.1. The molecule has 1 N–H and O–H groups in total. The largest absolute Gasteiger partial charge is 0.516 e. The molecule has 4 fully saturated rings. The van der Waals surface area contributed by atoms with E-state index in [-0.39, 0.29) is 24.0 Å². The third-order valence-corrected chi connectivity index (χ3v) is 11.8. The Hall–Kier alpha value is -1.10. The predicted octanol–water partition coefficient (Wildman–Crippen LogP) is 7.39. The SMILES string of the molecule is CC[C@H]1[C@@H](O)[C@@H]2[C@H](CC[C@]3(C)[C@@H]([C@H](C)CCC(=O)OC(=O)OC(C)C)CC[C@@H]23)[C@@]2(C)CC[C@@H](C)C[C@@H]12. The Morgan fingerprint density at radius 2 is 1.64 bits per heavy atom. The van der Waals surface area contributed by atoms with Gasteiger partial charge in [-0.15, -0.1) is 0 Å². The van der Waals surface area contributed by atoms with Crippen LogP contribution in [0, 0.1) is 58.2 Å². The minimum absolute atomic E-state index is 0.177. The molecule has 0 bridgehead atoms. The summed E-state index contributed by atoms with van der Waals surface area (Å²) in [5, 5.41) is 11.9. The van der Waals surface area contributed by atoms with Crippen molar-refractivity contribution in [1.82, 2.24) is 0 Å². The number of carbonyl (C=O) groups is 2. The van der Waals surface area contributed by atoms with E-state index >= 15 is 0 Å². The van der Waals surface area contributed by atoms with Crippen molar-refractivity contribution < 1.29 is 24.2 Å². The van der Waals surface area contributed by atoms with Crippen LogP contribution in [0.15, 0.2) is 0 Å². The molecule has 5 nitrogen and oxygen atoms in total. The lowest BCUT2D eigenvalue weighted by molar-refractivity contribution is -0.198. The summed E-state index contributed by atoms with van der Waals surface area (Å²) < 4.78 is 9.79. The molecule has 5 heteroatoms. The number of aliphatic hydroxyl groups is 1. The Labute approximate surface area is 219 Å². The van der Waals surface area contributed by atoms with Crippen LogP contribution in [0.2, 0.25) is 0 Å². The quantitative estimate of drug-likeness (QED) is 0.301. The second-order valence-corrected chi connectivity index (χ2v) is 14.0. The van der Waals surface area contributed by atoms with E-state index in [4.69, 9.17) is 9.47 Å². The first kappa shape index (κ1) is 27.9. The van der Waals surface area contributed by atoms with Crippen molar-refractivity contribution >= 4 is 12.1 Å². The number of hydrogen-bond acceptors (Lipinski definition) is 5. The highest BCUT2D eigenvalue weighted by atomic mass is 16.7. The average molecular weight is 505 g/mol. The molecule has 0 unspecified atom stereocenters. The molecule has 0 amide bonds. The second kappa shape index (κ2) is 10.6. The molecule has 36 heavy (non-hydrogen) atoms. The molecule has 0 aromatic carbocycles. The Morgan fingerprint density at radius 1 is 0.972 bits per heavy atom. The maximum absolute atomic E-state index is 12.3. The summed E-state index contributed by atoms with van der Waals surface area (Å²) in [5.74, 6) is 3.93. The van der Waals surface area contributed by atoms with Gasteiger partial charge in [0.15, 0.2) is 0 Å². The van der Waals surface area contributed by atoms with Gasteiger partial charge in [0.2, 0.25) is 0 Å². The van der Waals surface area contributed by atoms with Crippen LogP contribution >= 0.6 is 0 Å².